The highest BCUT2D eigenvalue weighted by Gasteiger charge is 2.36. The van der Waals surface area contributed by atoms with Crippen LogP contribution in [-0.2, 0) is 16.1 Å². The molecule has 1 aromatic rings. The van der Waals surface area contributed by atoms with Crippen LogP contribution in [0.5, 0.6) is 0 Å². The van der Waals surface area contributed by atoms with E-state index in [0.29, 0.717) is 18.6 Å². The van der Waals surface area contributed by atoms with Crippen LogP contribution < -0.4 is 0 Å². The molecule has 5 nitrogen and oxygen atoms in total. The summed E-state index contributed by atoms with van der Waals surface area (Å²) in [5.74, 6) is 0.761. The third-order valence-corrected chi connectivity index (χ3v) is 5.13. The molecule has 3 saturated heterocycles. The van der Waals surface area contributed by atoms with Crippen LogP contribution in [-0.4, -0.2) is 59.6 Å². The van der Waals surface area contributed by atoms with Gasteiger partial charge in [-0.05, 0) is 42.9 Å². The van der Waals surface area contributed by atoms with Crippen molar-refractivity contribution in [1.82, 2.24) is 14.8 Å². The van der Waals surface area contributed by atoms with Gasteiger partial charge in [0.15, 0.2) is 0 Å². The smallest absolute Gasteiger partial charge is 0.248 e. The second-order valence-electron chi connectivity index (χ2n) is 7.10. The van der Waals surface area contributed by atoms with Crippen LogP contribution in [0.15, 0.2) is 24.5 Å². The van der Waals surface area contributed by atoms with E-state index < -0.39 is 0 Å². The fourth-order valence-electron chi connectivity index (χ4n) is 3.85. The SMILES string of the molecule is CCCCOCC(=O)N1C[C@H]2CC[C@@H]1CN(Cc1ccncc1)C2. The average Bonchev–Trinajstić information content (AvgIpc) is 2.90. The quantitative estimate of drug-likeness (QED) is 0.720. The number of ether oxygens (including phenoxy) is 1. The molecule has 0 aliphatic carbocycles. The standard InChI is InChI=1S/C19H29N3O2/c1-2-3-10-24-15-19(23)22-13-17-4-5-18(22)14-21(12-17)11-16-6-8-20-9-7-16/h6-9,17-18H,2-5,10-15H2,1H3/t17-,18+/m0/s1. The van der Waals surface area contributed by atoms with E-state index in [1.807, 2.05) is 12.4 Å². The Morgan fingerprint density at radius 3 is 2.88 bits per heavy atom. The fraction of sp³-hybridized carbons (Fsp3) is 0.684. The number of unbranched alkanes of at least 4 members (excludes halogenated alkanes) is 1. The zero-order valence-corrected chi connectivity index (χ0v) is 14.7. The van der Waals surface area contributed by atoms with Crippen molar-refractivity contribution in [2.75, 3.05) is 32.8 Å². The molecule has 132 valence electrons. The van der Waals surface area contributed by atoms with Gasteiger partial charge < -0.3 is 9.64 Å². The highest BCUT2D eigenvalue weighted by Crippen LogP contribution is 2.28. The fourth-order valence-corrected chi connectivity index (χ4v) is 3.85. The zero-order chi connectivity index (χ0) is 16.8. The molecule has 4 rings (SSSR count). The van der Waals surface area contributed by atoms with E-state index in [1.54, 1.807) is 0 Å². The van der Waals surface area contributed by atoms with Crippen LogP contribution in [0.4, 0.5) is 0 Å². The number of carbonyl (C=O) groups excluding carboxylic acids is 1. The maximum absolute atomic E-state index is 12.5. The van der Waals surface area contributed by atoms with Crippen molar-refractivity contribution < 1.29 is 9.53 Å². The van der Waals surface area contributed by atoms with Crippen LogP contribution in [0.1, 0.15) is 38.2 Å². The molecule has 0 spiro atoms. The summed E-state index contributed by atoms with van der Waals surface area (Å²) in [4.78, 5) is 21.2. The summed E-state index contributed by atoms with van der Waals surface area (Å²) < 4.78 is 5.55. The Balaban J connectivity index is 1.56. The number of rotatable bonds is 7. The normalized spacial score (nSPS) is 24.1. The van der Waals surface area contributed by atoms with Gasteiger partial charge in [0.1, 0.15) is 6.61 Å². The Morgan fingerprint density at radius 1 is 1.25 bits per heavy atom. The Morgan fingerprint density at radius 2 is 2.08 bits per heavy atom. The van der Waals surface area contributed by atoms with E-state index in [0.717, 1.165) is 45.4 Å². The van der Waals surface area contributed by atoms with Gasteiger partial charge in [-0.15, -0.1) is 0 Å². The van der Waals surface area contributed by atoms with E-state index in [2.05, 4.69) is 33.8 Å². The monoisotopic (exact) mass is 331 g/mol. The molecule has 3 aliphatic rings. The van der Waals surface area contributed by atoms with Crippen LogP contribution in [0.2, 0.25) is 0 Å². The number of nitrogens with zero attached hydrogens (tertiary/aromatic N) is 3. The molecular formula is C19H29N3O2. The third kappa shape index (κ3) is 4.54. The van der Waals surface area contributed by atoms with Gasteiger partial charge in [-0.2, -0.15) is 0 Å². The van der Waals surface area contributed by atoms with Crippen molar-refractivity contribution in [1.29, 1.82) is 0 Å². The average molecular weight is 331 g/mol. The number of aromatic nitrogens is 1. The van der Waals surface area contributed by atoms with Gasteiger partial charge >= 0.3 is 0 Å². The van der Waals surface area contributed by atoms with Crippen molar-refractivity contribution >= 4 is 5.91 Å². The van der Waals surface area contributed by atoms with Gasteiger partial charge in [0.2, 0.25) is 5.91 Å². The summed E-state index contributed by atoms with van der Waals surface area (Å²) in [7, 11) is 0. The lowest BCUT2D eigenvalue weighted by Gasteiger charge is -2.36. The molecule has 1 aromatic heterocycles. The first-order chi connectivity index (χ1) is 11.8. The minimum absolute atomic E-state index is 0.173. The number of amides is 1. The van der Waals surface area contributed by atoms with Crippen molar-refractivity contribution in [3.63, 3.8) is 0 Å². The minimum atomic E-state index is 0.173. The molecule has 2 bridgehead atoms. The molecule has 0 saturated carbocycles. The Kier molecular flexibility index (Phi) is 6.21. The molecule has 0 N–H and O–H groups in total. The summed E-state index contributed by atoms with van der Waals surface area (Å²) in [6.07, 6.45) is 8.19. The number of hydrogen-bond donors (Lipinski definition) is 0. The number of carbonyl (C=O) groups is 1. The highest BCUT2D eigenvalue weighted by atomic mass is 16.5. The molecule has 4 heterocycles. The predicted molar refractivity (Wildman–Crippen MR) is 93.5 cm³/mol. The summed E-state index contributed by atoms with van der Waals surface area (Å²) >= 11 is 0. The topological polar surface area (TPSA) is 45.7 Å². The van der Waals surface area contributed by atoms with Gasteiger partial charge in [-0.25, -0.2) is 0 Å². The largest absolute Gasteiger partial charge is 0.372 e. The van der Waals surface area contributed by atoms with Gasteiger partial charge in [0.25, 0.3) is 0 Å². The molecule has 5 heteroatoms. The number of hydrogen-bond acceptors (Lipinski definition) is 4. The molecule has 0 radical (unpaired) electrons. The maximum atomic E-state index is 12.5. The van der Waals surface area contributed by atoms with Crippen LogP contribution in [0, 0.1) is 5.92 Å². The summed E-state index contributed by atoms with van der Waals surface area (Å²) in [6.45, 7) is 6.97. The lowest BCUT2D eigenvalue weighted by molar-refractivity contribution is -0.140. The van der Waals surface area contributed by atoms with Gasteiger partial charge in [-0.1, -0.05) is 13.3 Å². The Labute approximate surface area is 145 Å². The lowest BCUT2D eigenvalue weighted by atomic mass is 9.95. The van der Waals surface area contributed by atoms with Crippen molar-refractivity contribution in [2.24, 2.45) is 5.92 Å². The van der Waals surface area contributed by atoms with E-state index in [4.69, 9.17) is 4.74 Å². The molecule has 1 amide bonds. The zero-order valence-electron chi connectivity index (χ0n) is 14.7. The molecular weight excluding hydrogens is 302 g/mol. The first-order valence-corrected chi connectivity index (χ1v) is 9.24. The number of piperidine rings is 1. The van der Waals surface area contributed by atoms with E-state index in [-0.39, 0.29) is 12.5 Å². The lowest BCUT2D eigenvalue weighted by Crippen LogP contribution is -2.48. The minimum Gasteiger partial charge on any atom is -0.372 e. The third-order valence-electron chi connectivity index (χ3n) is 5.13. The van der Waals surface area contributed by atoms with Crippen molar-refractivity contribution in [3.8, 4) is 0 Å². The van der Waals surface area contributed by atoms with E-state index in [1.165, 1.54) is 12.0 Å². The molecule has 24 heavy (non-hydrogen) atoms. The first-order valence-electron chi connectivity index (χ1n) is 9.24. The molecule has 3 fully saturated rings. The summed E-state index contributed by atoms with van der Waals surface area (Å²) in [5, 5.41) is 0. The molecule has 0 aromatic carbocycles. The first kappa shape index (κ1) is 17.4. The second kappa shape index (κ2) is 8.58. The summed E-state index contributed by atoms with van der Waals surface area (Å²) in [6, 6.07) is 4.50. The van der Waals surface area contributed by atoms with E-state index >= 15 is 0 Å². The van der Waals surface area contributed by atoms with E-state index in [9.17, 15) is 4.79 Å². The number of fused-ring (bicyclic) bond motifs is 4. The van der Waals surface area contributed by atoms with Crippen LogP contribution in [0.3, 0.4) is 0 Å². The number of pyridine rings is 1. The van der Waals surface area contributed by atoms with Crippen molar-refractivity contribution in [3.05, 3.63) is 30.1 Å². The predicted octanol–water partition coefficient (Wildman–Crippen LogP) is 2.32. The highest BCUT2D eigenvalue weighted by molar-refractivity contribution is 5.78. The van der Waals surface area contributed by atoms with Crippen molar-refractivity contribution in [2.45, 2.75) is 45.2 Å². The molecule has 0 unspecified atom stereocenters. The molecule has 3 aliphatic heterocycles. The van der Waals surface area contributed by atoms with Crippen LogP contribution in [0.25, 0.3) is 0 Å². The molecule has 2 atom stereocenters. The Bertz CT molecular complexity index is 523. The van der Waals surface area contributed by atoms with Gasteiger partial charge in [0.05, 0.1) is 0 Å². The van der Waals surface area contributed by atoms with Crippen LogP contribution >= 0.6 is 0 Å². The Hall–Kier alpha value is -1.46. The van der Waals surface area contributed by atoms with Gasteiger partial charge in [-0.3, -0.25) is 14.7 Å². The maximum Gasteiger partial charge on any atom is 0.248 e. The second-order valence-corrected chi connectivity index (χ2v) is 7.10. The van der Waals surface area contributed by atoms with Gasteiger partial charge in [0, 0.05) is 51.2 Å². The summed E-state index contributed by atoms with van der Waals surface area (Å²) in [5.41, 5.74) is 1.30.